The molecule has 0 radical (unpaired) electrons. The molecule has 7 heteroatoms. The van der Waals surface area contributed by atoms with Crippen LogP contribution in [-0.2, 0) is 0 Å². The largest absolute Gasteiger partial charge is 0.396 e. The maximum Gasteiger partial charge on any atom is 0.283 e. The summed E-state index contributed by atoms with van der Waals surface area (Å²) in [7, 11) is 0. The Morgan fingerprint density at radius 1 is 1.55 bits per heavy atom. The highest BCUT2D eigenvalue weighted by atomic mass is 32.2. The topological polar surface area (TPSA) is 92.5 Å². The number of hydrogen-bond acceptors (Lipinski definition) is 5. The molecule has 2 N–H and O–H groups in total. The van der Waals surface area contributed by atoms with Crippen molar-refractivity contribution in [2.24, 2.45) is 5.92 Å². The summed E-state index contributed by atoms with van der Waals surface area (Å²) in [6.45, 7) is 2.41. The average Bonchev–Trinajstić information content (AvgIpc) is 2.44. The van der Waals surface area contributed by atoms with Crippen molar-refractivity contribution in [1.82, 2.24) is 5.32 Å². The van der Waals surface area contributed by atoms with Gasteiger partial charge in [-0.3, -0.25) is 14.9 Å². The number of benzene rings is 1. The monoisotopic (exact) mass is 298 g/mol. The van der Waals surface area contributed by atoms with Crippen LogP contribution < -0.4 is 5.32 Å². The molecule has 0 aromatic heterocycles. The number of carbonyl (C=O) groups excluding carboxylic acids is 1. The number of carbonyl (C=O) groups is 1. The Hall–Kier alpha value is -1.60. The zero-order chi connectivity index (χ0) is 15.1. The van der Waals surface area contributed by atoms with Crippen molar-refractivity contribution in [3.05, 3.63) is 33.9 Å². The summed E-state index contributed by atoms with van der Waals surface area (Å²) >= 11 is 1.27. The molecule has 0 heterocycles. The number of nitro benzene ring substituents is 1. The molecule has 0 aliphatic carbocycles. The Kier molecular flexibility index (Phi) is 6.47. The Labute approximate surface area is 121 Å². The summed E-state index contributed by atoms with van der Waals surface area (Å²) in [6.07, 6.45) is 2.35. The van der Waals surface area contributed by atoms with E-state index in [9.17, 15) is 14.9 Å². The molecule has 20 heavy (non-hydrogen) atoms. The summed E-state index contributed by atoms with van der Waals surface area (Å²) in [4.78, 5) is 22.9. The van der Waals surface area contributed by atoms with Crippen LogP contribution in [0.2, 0.25) is 0 Å². The molecule has 1 aromatic rings. The van der Waals surface area contributed by atoms with Crippen molar-refractivity contribution in [2.75, 3.05) is 19.4 Å². The Bertz CT molecular complexity index is 493. The summed E-state index contributed by atoms with van der Waals surface area (Å²) < 4.78 is 0. The van der Waals surface area contributed by atoms with Gasteiger partial charge in [-0.05, 0) is 30.7 Å². The summed E-state index contributed by atoms with van der Waals surface area (Å²) in [5, 5.41) is 22.4. The van der Waals surface area contributed by atoms with Crippen LogP contribution >= 0.6 is 11.8 Å². The minimum absolute atomic E-state index is 0.0615. The lowest BCUT2D eigenvalue weighted by atomic mass is 10.1. The van der Waals surface area contributed by atoms with E-state index in [1.165, 1.54) is 17.8 Å². The molecular weight excluding hydrogens is 280 g/mol. The lowest BCUT2D eigenvalue weighted by Gasteiger charge is -2.11. The van der Waals surface area contributed by atoms with Crippen molar-refractivity contribution < 1.29 is 14.8 Å². The third kappa shape index (κ3) is 4.50. The van der Waals surface area contributed by atoms with Crippen LogP contribution in [-0.4, -0.2) is 35.3 Å². The first kappa shape index (κ1) is 16.5. The Morgan fingerprint density at radius 2 is 2.25 bits per heavy atom. The first-order chi connectivity index (χ1) is 9.49. The third-order valence-electron chi connectivity index (χ3n) is 2.87. The van der Waals surface area contributed by atoms with E-state index in [0.717, 1.165) is 0 Å². The number of amides is 1. The fraction of sp³-hybridized carbons (Fsp3) is 0.462. The van der Waals surface area contributed by atoms with Gasteiger partial charge in [0.1, 0.15) is 0 Å². The van der Waals surface area contributed by atoms with Gasteiger partial charge in [-0.2, -0.15) is 0 Å². The van der Waals surface area contributed by atoms with Gasteiger partial charge in [0.15, 0.2) is 0 Å². The fourth-order valence-corrected chi connectivity index (χ4v) is 2.21. The first-order valence-corrected chi connectivity index (χ1v) is 7.43. The molecule has 1 unspecified atom stereocenters. The normalized spacial score (nSPS) is 11.9. The second kappa shape index (κ2) is 7.86. The highest BCUT2D eigenvalue weighted by Crippen LogP contribution is 2.28. The van der Waals surface area contributed by atoms with Gasteiger partial charge in [0.25, 0.3) is 11.6 Å². The number of thioether (sulfide) groups is 1. The molecule has 110 valence electrons. The SMILES string of the molecule is CSc1ccc(C(=O)NCC(C)CCO)cc1[N+](=O)[O-]. The standard InChI is InChI=1S/C13H18N2O4S/c1-9(5-6-16)8-14-13(17)10-3-4-12(20-2)11(7-10)15(18)19/h3-4,7,9,16H,5-6,8H2,1-2H3,(H,14,17). The van der Waals surface area contributed by atoms with E-state index in [2.05, 4.69) is 5.32 Å². The molecule has 0 aliphatic rings. The van der Waals surface area contributed by atoms with Crippen LogP contribution in [0.15, 0.2) is 23.1 Å². The van der Waals surface area contributed by atoms with E-state index in [4.69, 9.17) is 5.11 Å². The van der Waals surface area contributed by atoms with E-state index in [1.807, 2.05) is 6.92 Å². The molecule has 0 saturated carbocycles. The lowest BCUT2D eigenvalue weighted by Crippen LogP contribution is -2.28. The minimum atomic E-state index is -0.489. The summed E-state index contributed by atoms with van der Waals surface area (Å²) in [6, 6.07) is 4.44. The van der Waals surface area contributed by atoms with Crippen LogP contribution in [0.1, 0.15) is 23.7 Å². The highest BCUT2D eigenvalue weighted by molar-refractivity contribution is 7.98. The molecule has 0 saturated heterocycles. The number of aliphatic hydroxyl groups is 1. The van der Waals surface area contributed by atoms with Gasteiger partial charge in [0.05, 0.1) is 9.82 Å². The van der Waals surface area contributed by atoms with E-state index in [0.29, 0.717) is 17.9 Å². The maximum atomic E-state index is 11.9. The zero-order valence-electron chi connectivity index (χ0n) is 11.5. The van der Waals surface area contributed by atoms with Gasteiger partial charge >= 0.3 is 0 Å². The smallest absolute Gasteiger partial charge is 0.283 e. The van der Waals surface area contributed by atoms with Crippen molar-refractivity contribution in [3.8, 4) is 0 Å². The molecule has 1 atom stereocenters. The highest BCUT2D eigenvalue weighted by Gasteiger charge is 2.17. The fourth-order valence-electron chi connectivity index (χ4n) is 1.67. The van der Waals surface area contributed by atoms with E-state index >= 15 is 0 Å². The van der Waals surface area contributed by atoms with Crippen molar-refractivity contribution in [3.63, 3.8) is 0 Å². The Morgan fingerprint density at radius 3 is 2.80 bits per heavy atom. The van der Waals surface area contributed by atoms with Crippen LogP contribution in [0.4, 0.5) is 5.69 Å². The molecule has 1 aromatic carbocycles. The van der Waals surface area contributed by atoms with Gasteiger partial charge in [-0.15, -0.1) is 11.8 Å². The van der Waals surface area contributed by atoms with E-state index in [-0.39, 0.29) is 29.7 Å². The minimum Gasteiger partial charge on any atom is -0.396 e. The van der Waals surface area contributed by atoms with Crippen LogP contribution in [0.5, 0.6) is 0 Å². The quantitative estimate of drug-likeness (QED) is 0.456. The predicted octanol–water partition coefficient (Wildman–Crippen LogP) is 2.06. The van der Waals surface area contributed by atoms with Gasteiger partial charge < -0.3 is 10.4 Å². The number of rotatable bonds is 7. The second-order valence-electron chi connectivity index (χ2n) is 4.47. The zero-order valence-corrected chi connectivity index (χ0v) is 12.3. The van der Waals surface area contributed by atoms with Crippen LogP contribution in [0, 0.1) is 16.0 Å². The number of hydrogen-bond donors (Lipinski definition) is 2. The maximum absolute atomic E-state index is 11.9. The molecule has 6 nitrogen and oxygen atoms in total. The molecule has 1 amide bonds. The average molecular weight is 298 g/mol. The summed E-state index contributed by atoms with van der Waals surface area (Å²) in [5.74, 6) is -0.185. The van der Waals surface area contributed by atoms with Crippen LogP contribution in [0.3, 0.4) is 0 Å². The number of nitrogens with zero attached hydrogens (tertiary/aromatic N) is 1. The number of nitro groups is 1. The molecule has 0 aliphatic heterocycles. The van der Waals surface area contributed by atoms with Crippen LogP contribution in [0.25, 0.3) is 0 Å². The predicted molar refractivity (Wildman–Crippen MR) is 78.1 cm³/mol. The van der Waals surface area contributed by atoms with Crippen molar-refractivity contribution in [1.29, 1.82) is 0 Å². The van der Waals surface area contributed by atoms with E-state index in [1.54, 1.807) is 18.4 Å². The molecule has 1 rings (SSSR count). The molecule has 0 spiro atoms. The van der Waals surface area contributed by atoms with Gasteiger partial charge in [-0.1, -0.05) is 6.92 Å². The third-order valence-corrected chi connectivity index (χ3v) is 3.66. The van der Waals surface area contributed by atoms with Gasteiger partial charge in [0, 0.05) is 24.8 Å². The molecule has 0 fully saturated rings. The summed E-state index contributed by atoms with van der Waals surface area (Å²) in [5.41, 5.74) is 0.208. The van der Waals surface area contributed by atoms with Gasteiger partial charge in [0.2, 0.25) is 0 Å². The molecular formula is C13H18N2O4S. The number of nitrogens with one attached hydrogen (secondary N) is 1. The first-order valence-electron chi connectivity index (χ1n) is 6.21. The Balaban J connectivity index is 2.78. The van der Waals surface area contributed by atoms with Crippen molar-refractivity contribution in [2.45, 2.75) is 18.2 Å². The second-order valence-corrected chi connectivity index (χ2v) is 5.32. The lowest BCUT2D eigenvalue weighted by molar-refractivity contribution is -0.387. The molecule has 0 bridgehead atoms. The number of aliphatic hydroxyl groups excluding tert-OH is 1. The van der Waals surface area contributed by atoms with E-state index < -0.39 is 4.92 Å². The van der Waals surface area contributed by atoms with Gasteiger partial charge in [-0.25, -0.2) is 0 Å². The van der Waals surface area contributed by atoms with Crippen molar-refractivity contribution >= 4 is 23.4 Å².